The molecule has 8 bridgehead atoms. The lowest BCUT2D eigenvalue weighted by Crippen LogP contribution is -2.14. The van der Waals surface area contributed by atoms with Gasteiger partial charge in [-0.1, -0.05) is 165 Å². The Balaban J connectivity index is 1.43. The molecule has 0 saturated carbocycles. The minimum atomic E-state index is -0.880. The number of hydrogen-bond acceptors (Lipinski definition) is 7. The summed E-state index contributed by atoms with van der Waals surface area (Å²) in [5.74, 6) is -2.76. The van der Waals surface area contributed by atoms with Crippen LogP contribution < -0.4 is 0 Å². The normalized spacial score (nSPS) is 16.5. The zero-order valence-corrected chi connectivity index (χ0v) is 45.4. The maximum absolute atomic E-state index is 12.5. The van der Waals surface area contributed by atoms with Crippen LogP contribution in [0.25, 0.3) is 0 Å². The van der Waals surface area contributed by atoms with E-state index >= 15 is 0 Å². The smallest absolute Gasteiger partial charge is 0.123 e. The first-order valence-electron chi connectivity index (χ1n) is 27.1. The van der Waals surface area contributed by atoms with Gasteiger partial charge in [-0.05, 0) is 130 Å². The summed E-state index contributed by atoms with van der Waals surface area (Å²) < 4.78 is 0. The second-order valence-electron chi connectivity index (χ2n) is 23.2. The van der Waals surface area contributed by atoms with Crippen LogP contribution in [0.15, 0.2) is 146 Å². The lowest BCUT2D eigenvalue weighted by Gasteiger charge is -2.31. The third kappa shape index (κ3) is 10.9. The highest BCUT2D eigenvalue weighted by Crippen LogP contribution is 2.54. The van der Waals surface area contributed by atoms with Crippen molar-refractivity contribution in [2.45, 2.75) is 112 Å². The van der Waals surface area contributed by atoms with Crippen molar-refractivity contribution in [3.8, 4) is 40.2 Å². The molecule has 1 aliphatic rings. The molecule has 0 heterocycles. The predicted molar refractivity (Wildman–Crippen MR) is 306 cm³/mol. The van der Waals surface area contributed by atoms with Crippen molar-refractivity contribution in [3.05, 3.63) is 240 Å². The highest BCUT2D eigenvalue weighted by Gasteiger charge is 2.36. The predicted octanol–water partition coefficient (Wildman–Crippen LogP) is 15.8. The van der Waals surface area contributed by atoms with Gasteiger partial charge in [-0.15, -0.1) is 0 Å². The van der Waals surface area contributed by atoms with Gasteiger partial charge >= 0.3 is 0 Å². The number of phenolic OH excluding ortho intramolecular Hbond substituents is 7. The Morgan fingerprint density at radius 3 is 0.882 bits per heavy atom. The first kappa shape index (κ1) is 53.2. The van der Waals surface area contributed by atoms with E-state index in [1.807, 2.05) is 61.5 Å². The molecule has 7 heteroatoms. The van der Waals surface area contributed by atoms with Gasteiger partial charge in [-0.25, -0.2) is 0 Å². The number of aromatic hydroxyl groups is 7. The topological polar surface area (TPSA) is 142 Å². The summed E-state index contributed by atoms with van der Waals surface area (Å²) in [6, 6.07) is 46.1. The molecule has 0 radical (unpaired) electrons. The number of benzene rings is 8. The van der Waals surface area contributed by atoms with E-state index in [2.05, 4.69) is 116 Å². The SMILES string of the molecule is Cc1c2c(O)cc(O)c1C(c1ccc(CC(C)C)cc1)c1cc(c(O)cc1O)C(c1ccc(CC(C)C)cc1)c1cc(ccc1O)C(c1ccc(CC(C)C)cc1)c1cc(c(O)cc1O)C2c1ccc(CC(C)C)cc1. The second kappa shape index (κ2) is 21.9. The maximum Gasteiger partial charge on any atom is 0.123 e. The Hall–Kier alpha value is -7.64. The monoisotopic (exact) mass is 1010 g/mol. The van der Waals surface area contributed by atoms with E-state index in [0.717, 1.165) is 75.8 Å². The largest absolute Gasteiger partial charge is 0.508 e. The molecule has 7 N–H and O–H groups in total. The van der Waals surface area contributed by atoms with Crippen LogP contribution in [0, 0.1) is 30.6 Å². The van der Waals surface area contributed by atoms with Crippen LogP contribution in [0.3, 0.4) is 0 Å². The molecule has 4 atom stereocenters. The molecule has 0 aliphatic heterocycles. The molecule has 9 rings (SSSR count). The van der Waals surface area contributed by atoms with Crippen LogP contribution in [0.2, 0.25) is 0 Å². The Labute approximate surface area is 449 Å². The molecule has 0 fully saturated rings. The molecule has 0 spiro atoms. The van der Waals surface area contributed by atoms with Crippen LogP contribution in [0.1, 0.15) is 174 Å². The van der Waals surface area contributed by atoms with Gasteiger partial charge in [0.25, 0.3) is 0 Å². The lowest BCUT2D eigenvalue weighted by molar-refractivity contribution is 0.432. The molecule has 4 unspecified atom stereocenters. The highest BCUT2D eigenvalue weighted by atomic mass is 16.3. The lowest BCUT2D eigenvalue weighted by atomic mass is 9.73. The van der Waals surface area contributed by atoms with E-state index in [4.69, 9.17) is 0 Å². The standard InChI is InChI=1S/C69H74O7/c1-38(2)28-43-10-18-47(19-11-43)66-51-26-27-57(70)52(32-51)67(48-20-12-44(13-21-48)29-39(3)4)54-34-56(61(74)36-59(54)72)69(50-24-16-46(17-25-50)31-41(7)8)65-42(9)64(62(75)37-63(65)76)68(55-33-53(66)58(71)35-60(55)73)49-22-14-45(15-23-49)30-40(5)6/h10-27,32-41,66-76H,28-31H2,1-9H3. The molecule has 0 aromatic heterocycles. The number of hydrogen-bond donors (Lipinski definition) is 7. The minimum absolute atomic E-state index is 0.0215. The fourth-order valence-corrected chi connectivity index (χ4v) is 12.0. The number of phenols is 7. The van der Waals surface area contributed by atoms with Crippen LogP contribution >= 0.6 is 0 Å². The summed E-state index contributed by atoms with van der Waals surface area (Å²) in [7, 11) is 0. The Morgan fingerprint density at radius 2 is 0.539 bits per heavy atom. The van der Waals surface area contributed by atoms with Gasteiger partial charge in [0.1, 0.15) is 40.2 Å². The molecule has 8 aromatic rings. The fraction of sp³-hybridized carbons (Fsp3) is 0.304. The summed E-state index contributed by atoms with van der Waals surface area (Å²) in [5, 5.41) is 86.7. The molecule has 76 heavy (non-hydrogen) atoms. The molecule has 8 aromatic carbocycles. The molecule has 7 nitrogen and oxygen atoms in total. The Kier molecular flexibility index (Phi) is 15.3. The zero-order chi connectivity index (χ0) is 54.3. The molecule has 392 valence electrons. The first-order chi connectivity index (χ1) is 36.3. The fourth-order valence-electron chi connectivity index (χ4n) is 12.0. The van der Waals surface area contributed by atoms with E-state index in [-0.39, 0.29) is 40.2 Å². The summed E-state index contributed by atoms with van der Waals surface area (Å²) >= 11 is 0. The first-order valence-corrected chi connectivity index (χ1v) is 27.1. The molecular weight excluding hydrogens is 941 g/mol. The van der Waals surface area contributed by atoms with Crippen molar-refractivity contribution in [2.24, 2.45) is 23.7 Å². The quantitative estimate of drug-likeness (QED) is 0.0646. The van der Waals surface area contributed by atoms with Crippen LogP contribution in [0.5, 0.6) is 40.2 Å². The minimum Gasteiger partial charge on any atom is -0.508 e. The van der Waals surface area contributed by atoms with Gasteiger partial charge in [-0.3, -0.25) is 0 Å². The van der Waals surface area contributed by atoms with Gasteiger partial charge in [0.05, 0.1) is 0 Å². The third-order valence-electron chi connectivity index (χ3n) is 15.3. The second-order valence-corrected chi connectivity index (χ2v) is 23.2. The van der Waals surface area contributed by atoms with Crippen molar-refractivity contribution >= 4 is 0 Å². The van der Waals surface area contributed by atoms with Crippen LogP contribution in [-0.4, -0.2) is 35.7 Å². The van der Waals surface area contributed by atoms with Gasteiger partial charge < -0.3 is 35.7 Å². The molecular formula is C69H74O7. The van der Waals surface area contributed by atoms with Gasteiger partial charge in [0.2, 0.25) is 0 Å². The van der Waals surface area contributed by atoms with Crippen molar-refractivity contribution < 1.29 is 35.7 Å². The Morgan fingerprint density at radius 1 is 0.276 bits per heavy atom. The number of rotatable bonds is 12. The maximum atomic E-state index is 12.5. The van der Waals surface area contributed by atoms with Crippen molar-refractivity contribution in [3.63, 3.8) is 0 Å². The highest BCUT2D eigenvalue weighted by molar-refractivity contribution is 5.68. The Bertz CT molecular complexity index is 3350. The average Bonchev–Trinajstić information content (AvgIpc) is 3.45. The third-order valence-corrected chi connectivity index (χ3v) is 15.3. The van der Waals surface area contributed by atoms with E-state index in [1.165, 1.54) is 18.2 Å². The van der Waals surface area contributed by atoms with E-state index < -0.39 is 23.7 Å². The van der Waals surface area contributed by atoms with Crippen LogP contribution in [0.4, 0.5) is 0 Å². The van der Waals surface area contributed by atoms with Crippen molar-refractivity contribution in [1.82, 2.24) is 0 Å². The van der Waals surface area contributed by atoms with Gasteiger partial charge in [0.15, 0.2) is 0 Å². The molecule has 0 saturated heterocycles. The summed E-state index contributed by atoms with van der Waals surface area (Å²) in [4.78, 5) is 0. The summed E-state index contributed by atoms with van der Waals surface area (Å²) in [5.41, 5.74) is 11.9. The van der Waals surface area contributed by atoms with Gasteiger partial charge in [0, 0.05) is 80.8 Å². The van der Waals surface area contributed by atoms with Gasteiger partial charge in [-0.2, -0.15) is 0 Å². The van der Waals surface area contributed by atoms with E-state index in [1.54, 1.807) is 12.1 Å². The average molecular weight is 1020 g/mol. The van der Waals surface area contributed by atoms with Crippen molar-refractivity contribution in [1.29, 1.82) is 0 Å². The number of fused-ring (bicyclic) bond motifs is 8. The van der Waals surface area contributed by atoms with E-state index in [9.17, 15) is 35.7 Å². The van der Waals surface area contributed by atoms with Crippen molar-refractivity contribution in [2.75, 3.05) is 0 Å². The molecule has 1 aliphatic carbocycles. The van der Waals surface area contributed by atoms with E-state index in [0.29, 0.717) is 68.2 Å². The molecule has 0 amide bonds. The zero-order valence-electron chi connectivity index (χ0n) is 45.4. The van der Waals surface area contributed by atoms with Crippen LogP contribution in [-0.2, 0) is 25.7 Å². The summed E-state index contributed by atoms with van der Waals surface area (Å²) in [6.45, 7) is 19.3. The summed E-state index contributed by atoms with van der Waals surface area (Å²) in [6.07, 6.45) is 3.42.